The number of hydrogen-bond donors (Lipinski definition) is 0. The highest BCUT2D eigenvalue weighted by Crippen LogP contribution is 2.30. The van der Waals surface area contributed by atoms with Crippen molar-refractivity contribution < 1.29 is 14.2 Å². The zero-order valence-electron chi connectivity index (χ0n) is 12.9. The third-order valence-electron chi connectivity index (χ3n) is 4.13. The molecule has 0 aliphatic carbocycles. The van der Waals surface area contributed by atoms with Gasteiger partial charge in [-0.3, -0.25) is 14.5 Å². The maximum absolute atomic E-state index is 11.6. The van der Waals surface area contributed by atoms with E-state index < -0.39 is 0 Å². The molecule has 5 nitrogen and oxygen atoms in total. The van der Waals surface area contributed by atoms with Crippen LogP contribution in [0, 0.1) is 13.8 Å². The summed E-state index contributed by atoms with van der Waals surface area (Å²) in [5.41, 5.74) is 1.31. The van der Waals surface area contributed by atoms with Crippen LogP contribution in [0.1, 0.15) is 40.6 Å². The summed E-state index contributed by atoms with van der Waals surface area (Å²) in [6.07, 6.45) is 5.50. The van der Waals surface area contributed by atoms with Crippen molar-refractivity contribution in [1.82, 2.24) is 4.90 Å². The van der Waals surface area contributed by atoms with E-state index in [1.807, 2.05) is 22.3 Å². The third-order valence-corrected chi connectivity index (χ3v) is 5.11. The quantitative estimate of drug-likeness (QED) is 0.630. The first-order valence-electron chi connectivity index (χ1n) is 7.57. The number of amides is 2. The van der Waals surface area contributed by atoms with Crippen LogP contribution in [0.15, 0.2) is 11.1 Å². The second-order valence-electron chi connectivity index (χ2n) is 5.74. The first kappa shape index (κ1) is 15.1. The predicted molar refractivity (Wildman–Crippen MR) is 86.8 cm³/mol. The molecule has 0 N–H and O–H groups in total. The molecule has 3 rings (SSSR count). The fraction of sp³-hybridized carbons (Fsp3) is 0.500. The molecule has 0 aromatic carbocycles. The molecule has 1 atom stereocenters. The number of thiophene rings is 1. The molecule has 3 heterocycles. The Morgan fingerprint density at radius 1 is 1.32 bits per heavy atom. The lowest BCUT2D eigenvalue weighted by Gasteiger charge is -2.14. The van der Waals surface area contributed by atoms with Crippen LogP contribution in [0.4, 0.5) is 0 Å². The largest absolute Gasteiger partial charge is 0.280 e. The number of rotatable bonds is 4. The van der Waals surface area contributed by atoms with Crippen molar-refractivity contribution in [2.24, 2.45) is 4.99 Å². The maximum Gasteiger partial charge on any atom is 0.280 e. The SMILES string of the molecule is Cc1cc(C2CC=[N+](CCN3C(=O)CCC3=O)C=N2)c(C)s1. The molecule has 0 bridgehead atoms. The molecular weight excluding hydrogens is 298 g/mol. The van der Waals surface area contributed by atoms with Crippen molar-refractivity contribution in [1.29, 1.82) is 0 Å². The summed E-state index contributed by atoms with van der Waals surface area (Å²) in [4.78, 5) is 31.8. The summed E-state index contributed by atoms with van der Waals surface area (Å²) in [5, 5.41) is 0. The number of aryl methyl sites for hydroxylation is 2. The highest BCUT2D eigenvalue weighted by atomic mass is 32.1. The van der Waals surface area contributed by atoms with E-state index in [0.29, 0.717) is 25.9 Å². The fourth-order valence-corrected chi connectivity index (χ4v) is 3.92. The first-order valence-corrected chi connectivity index (χ1v) is 8.39. The number of likely N-dealkylation sites (tertiary alicyclic amines) is 1. The predicted octanol–water partition coefficient (Wildman–Crippen LogP) is 2.07. The molecule has 0 spiro atoms. The van der Waals surface area contributed by atoms with E-state index in [2.05, 4.69) is 31.1 Å². The average molecular weight is 318 g/mol. The molecule has 2 amide bonds. The minimum Gasteiger partial charge on any atom is -0.279 e. The molecule has 2 aliphatic heterocycles. The standard InChI is InChI=1S/C16H20N3O2S/c1-11-9-13(12(2)22-11)14-5-6-18(10-17-14)7-8-19-15(20)3-4-16(19)21/h6,9-10,14H,3-5,7-8H2,1-2H3/q+1. The Bertz CT molecular complexity index is 659. The first-order chi connectivity index (χ1) is 10.5. The van der Waals surface area contributed by atoms with Crippen molar-refractivity contribution in [2.45, 2.75) is 39.2 Å². The van der Waals surface area contributed by atoms with Gasteiger partial charge in [-0.1, -0.05) is 4.99 Å². The summed E-state index contributed by atoms with van der Waals surface area (Å²) >= 11 is 1.81. The molecule has 1 unspecified atom stereocenters. The molecule has 0 saturated carbocycles. The molecule has 1 aromatic rings. The van der Waals surface area contributed by atoms with Gasteiger partial charge in [-0.15, -0.1) is 11.3 Å². The Morgan fingerprint density at radius 3 is 2.59 bits per heavy atom. The van der Waals surface area contributed by atoms with Crippen LogP contribution in [0.3, 0.4) is 0 Å². The minimum absolute atomic E-state index is 0.0544. The Balaban J connectivity index is 1.58. The van der Waals surface area contributed by atoms with Gasteiger partial charge in [-0.05, 0) is 19.9 Å². The van der Waals surface area contributed by atoms with Crippen LogP contribution in [0.5, 0.6) is 0 Å². The van der Waals surface area contributed by atoms with Crippen LogP contribution in [0.25, 0.3) is 0 Å². The van der Waals surface area contributed by atoms with E-state index in [1.54, 1.807) is 0 Å². The van der Waals surface area contributed by atoms with Crippen LogP contribution in [-0.2, 0) is 9.59 Å². The molecule has 1 fully saturated rings. The van der Waals surface area contributed by atoms with Gasteiger partial charge in [-0.2, -0.15) is 0 Å². The van der Waals surface area contributed by atoms with Gasteiger partial charge >= 0.3 is 0 Å². The van der Waals surface area contributed by atoms with Crippen LogP contribution in [-0.4, -0.2) is 46.9 Å². The van der Waals surface area contributed by atoms with Gasteiger partial charge in [0.25, 0.3) is 6.34 Å². The van der Waals surface area contributed by atoms with E-state index in [-0.39, 0.29) is 17.9 Å². The topological polar surface area (TPSA) is 52.8 Å². The Kier molecular flexibility index (Phi) is 4.20. The van der Waals surface area contributed by atoms with E-state index >= 15 is 0 Å². The van der Waals surface area contributed by atoms with Crippen LogP contribution < -0.4 is 0 Å². The molecule has 1 saturated heterocycles. The van der Waals surface area contributed by atoms with Gasteiger partial charge in [-0.25, -0.2) is 4.58 Å². The second-order valence-corrected chi connectivity index (χ2v) is 7.20. The number of imide groups is 1. The number of hydrogen-bond acceptors (Lipinski definition) is 4. The minimum atomic E-state index is -0.0544. The number of aliphatic imine (C=N–C) groups is 1. The number of carbonyl (C=O) groups excluding carboxylic acids is 2. The van der Waals surface area contributed by atoms with Crippen molar-refractivity contribution in [3.63, 3.8) is 0 Å². The summed E-state index contributed by atoms with van der Waals surface area (Å²) in [6.45, 7) is 5.32. The lowest BCUT2D eigenvalue weighted by atomic mass is 10.1. The second kappa shape index (κ2) is 6.12. The summed E-state index contributed by atoms with van der Waals surface area (Å²) < 4.78 is 1.98. The molecule has 1 aromatic heterocycles. The van der Waals surface area contributed by atoms with Crippen molar-refractivity contribution in [3.8, 4) is 0 Å². The van der Waals surface area contributed by atoms with E-state index in [4.69, 9.17) is 0 Å². The molecular formula is C16H20N3O2S+. The van der Waals surface area contributed by atoms with Gasteiger partial charge in [0.15, 0.2) is 6.04 Å². The molecule has 2 aliphatic rings. The Morgan fingerprint density at radius 2 is 2.05 bits per heavy atom. The Hall–Kier alpha value is -1.82. The zero-order valence-corrected chi connectivity index (χ0v) is 13.7. The zero-order chi connectivity index (χ0) is 15.7. The normalized spacial score (nSPS) is 21.6. The van der Waals surface area contributed by atoms with Gasteiger partial charge in [0.1, 0.15) is 6.54 Å². The van der Waals surface area contributed by atoms with E-state index in [1.165, 1.54) is 20.2 Å². The highest BCUT2D eigenvalue weighted by Gasteiger charge is 2.29. The van der Waals surface area contributed by atoms with Crippen molar-refractivity contribution >= 4 is 35.7 Å². The highest BCUT2D eigenvalue weighted by molar-refractivity contribution is 7.12. The number of nitrogens with zero attached hydrogens (tertiary/aromatic N) is 3. The summed E-state index contributed by atoms with van der Waals surface area (Å²) in [6, 6.07) is 2.41. The van der Waals surface area contributed by atoms with E-state index in [9.17, 15) is 9.59 Å². The molecule has 6 heteroatoms. The summed E-state index contributed by atoms with van der Waals surface area (Å²) in [5.74, 6) is -0.109. The monoisotopic (exact) mass is 318 g/mol. The maximum atomic E-state index is 11.6. The van der Waals surface area contributed by atoms with Gasteiger partial charge in [0.05, 0.1) is 19.2 Å². The smallest absolute Gasteiger partial charge is 0.279 e. The lowest BCUT2D eigenvalue weighted by Crippen LogP contribution is -2.35. The summed E-state index contributed by atoms with van der Waals surface area (Å²) in [7, 11) is 0. The van der Waals surface area contributed by atoms with Crippen LogP contribution >= 0.6 is 11.3 Å². The van der Waals surface area contributed by atoms with Crippen LogP contribution in [0.2, 0.25) is 0 Å². The molecule has 22 heavy (non-hydrogen) atoms. The molecule has 0 radical (unpaired) electrons. The third kappa shape index (κ3) is 3.02. The van der Waals surface area contributed by atoms with Crippen molar-refractivity contribution in [3.05, 3.63) is 21.4 Å². The van der Waals surface area contributed by atoms with E-state index in [0.717, 1.165) is 6.42 Å². The molecule has 116 valence electrons. The van der Waals surface area contributed by atoms with Gasteiger partial charge in [0.2, 0.25) is 11.8 Å². The van der Waals surface area contributed by atoms with Crippen molar-refractivity contribution in [2.75, 3.05) is 13.1 Å². The van der Waals surface area contributed by atoms with Gasteiger partial charge < -0.3 is 0 Å². The lowest BCUT2D eigenvalue weighted by molar-refractivity contribution is -0.396. The Labute approximate surface area is 134 Å². The number of carbonyl (C=O) groups is 2. The fourth-order valence-electron chi connectivity index (χ4n) is 2.93. The van der Waals surface area contributed by atoms with Gasteiger partial charge in [0, 0.05) is 28.2 Å². The average Bonchev–Trinajstić information content (AvgIpc) is 3.00.